The fraction of sp³-hybridized carbons (Fsp3) is 0.818. The number of halogens is 1. The van der Waals surface area contributed by atoms with Crippen LogP contribution >= 0.6 is 0 Å². The Bertz CT molecular complexity index is 265. The van der Waals surface area contributed by atoms with Crippen LogP contribution in [0.15, 0.2) is 0 Å². The lowest BCUT2D eigenvalue weighted by Gasteiger charge is -2.30. The third kappa shape index (κ3) is 2.55. The van der Waals surface area contributed by atoms with Crippen molar-refractivity contribution in [3.63, 3.8) is 0 Å². The molecule has 1 N–H and O–H groups in total. The molecule has 4 heteroatoms. The van der Waals surface area contributed by atoms with Crippen LogP contribution in [0.5, 0.6) is 0 Å². The summed E-state index contributed by atoms with van der Waals surface area (Å²) >= 11 is 0. The molecule has 3 nitrogen and oxygen atoms in total. The third-order valence-electron chi connectivity index (χ3n) is 3.13. The van der Waals surface area contributed by atoms with Gasteiger partial charge in [0.2, 0.25) is 5.67 Å². The van der Waals surface area contributed by atoms with Gasteiger partial charge in [0.05, 0.1) is 0 Å². The molecule has 0 atom stereocenters. The summed E-state index contributed by atoms with van der Waals surface area (Å²) in [7, 11) is 0. The molecule has 0 amide bonds. The molecule has 0 aromatic rings. The van der Waals surface area contributed by atoms with E-state index in [4.69, 9.17) is 5.11 Å². The molecule has 0 aromatic carbocycles. The highest BCUT2D eigenvalue weighted by Crippen LogP contribution is 2.36. The zero-order valence-corrected chi connectivity index (χ0v) is 9.12. The monoisotopic (exact) mass is 216 g/mol. The van der Waals surface area contributed by atoms with Gasteiger partial charge in [-0.3, -0.25) is 4.79 Å². The summed E-state index contributed by atoms with van der Waals surface area (Å²) in [6.45, 7) is 3.63. The maximum Gasteiger partial charge on any atom is 0.341 e. The van der Waals surface area contributed by atoms with E-state index in [1.807, 2.05) is 13.8 Å². The second-order valence-corrected chi connectivity index (χ2v) is 4.60. The Balaban J connectivity index is 2.56. The zero-order valence-electron chi connectivity index (χ0n) is 9.12. The number of carboxylic acids is 1. The lowest BCUT2D eigenvalue weighted by Crippen LogP contribution is -2.39. The quantitative estimate of drug-likeness (QED) is 0.786. The number of carbonyl (C=O) groups is 2. The molecule has 86 valence electrons. The molecular weight excluding hydrogens is 199 g/mol. The minimum Gasteiger partial charge on any atom is -0.479 e. The highest BCUT2D eigenvalue weighted by molar-refractivity contribution is 5.84. The number of hydrogen-bond acceptors (Lipinski definition) is 2. The van der Waals surface area contributed by atoms with Crippen molar-refractivity contribution in [2.75, 3.05) is 0 Å². The summed E-state index contributed by atoms with van der Waals surface area (Å²) in [6, 6.07) is 0. The highest BCUT2D eigenvalue weighted by atomic mass is 19.1. The predicted molar refractivity (Wildman–Crippen MR) is 53.3 cm³/mol. The molecule has 1 saturated carbocycles. The fourth-order valence-electron chi connectivity index (χ4n) is 2.05. The van der Waals surface area contributed by atoms with Gasteiger partial charge in [-0.2, -0.15) is 0 Å². The molecule has 0 aromatic heterocycles. The van der Waals surface area contributed by atoms with E-state index in [1.54, 1.807) is 0 Å². The maximum absolute atomic E-state index is 13.6. The number of alkyl halides is 1. The summed E-state index contributed by atoms with van der Waals surface area (Å²) in [5.41, 5.74) is -2.10. The normalized spacial score (nSPS) is 31.6. The largest absolute Gasteiger partial charge is 0.479 e. The smallest absolute Gasteiger partial charge is 0.341 e. The summed E-state index contributed by atoms with van der Waals surface area (Å²) in [5, 5.41) is 8.67. The molecule has 1 aliphatic rings. The van der Waals surface area contributed by atoms with Crippen molar-refractivity contribution in [1.29, 1.82) is 0 Å². The molecule has 0 aliphatic heterocycles. The fourth-order valence-corrected chi connectivity index (χ4v) is 2.05. The summed E-state index contributed by atoms with van der Waals surface area (Å²) in [4.78, 5) is 22.2. The third-order valence-corrected chi connectivity index (χ3v) is 3.13. The summed E-state index contributed by atoms with van der Waals surface area (Å²) in [5.74, 6) is -1.46. The minimum atomic E-state index is -2.10. The SMILES string of the molecule is CC(C)C(=O)C1CCC(F)(C(=O)O)CC1. The first-order valence-electron chi connectivity index (χ1n) is 5.33. The number of aliphatic carboxylic acids is 1. The standard InChI is InChI=1S/C11H17FO3/c1-7(2)9(13)8-3-5-11(12,6-4-8)10(14)15/h7-8H,3-6H2,1-2H3,(H,14,15). The molecular formula is C11H17FO3. The topological polar surface area (TPSA) is 54.4 Å². The van der Waals surface area contributed by atoms with Crippen molar-refractivity contribution in [2.24, 2.45) is 11.8 Å². The van der Waals surface area contributed by atoms with E-state index in [-0.39, 0.29) is 30.5 Å². The number of ketones is 1. The van der Waals surface area contributed by atoms with Crippen molar-refractivity contribution in [3.05, 3.63) is 0 Å². The van der Waals surface area contributed by atoms with Gasteiger partial charge in [0.25, 0.3) is 0 Å². The summed E-state index contributed by atoms with van der Waals surface area (Å²) < 4.78 is 13.6. The second-order valence-electron chi connectivity index (χ2n) is 4.60. The van der Waals surface area contributed by atoms with Gasteiger partial charge in [0.15, 0.2) is 0 Å². The molecule has 0 heterocycles. The Hall–Kier alpha value is -0.930. The molecule has 1 rings (SSSR count). The Morgan fingerprint density at radius 2 is 1.80 bits per heavy atom. The van der Waals surface area contributed by atoms with E-state index in [0.717, 1.165) is 0 Å². The zero-order chi connectivity index (χ0) is 11.6. The number of Topliss-reactive ketones (excluding diaryl/α,β-unsaturated/α-hetero) is 1. The Labute approximate surface area is 88.7 Å². The van der Waals surface area contributed by atoms with Gasteiger partial charge in [-0.05, 0) is 25.7 Å². The molecule has 15 heavy (non-hydrogen) atoms. The van der Waals surface area contributed by atoms with Gasteiger partial charge in [0.1, 0.15) is 5.78 Å². The second kappa shape index (κ2) is 4.29. The molecule has 0 unspecified atom stereocenters. The number of hydrogen-bond donors (Lipinski definition) is 1. The van der Waals surface area contributed by atoms with Crippen molar-refractivity contribution in [1.82, 2.24) is 0 Å². The van der Waals surface area contributed by atoms with Crippen LogP contribution in [0.1, 0.15) is 39.5 Å². The van der Waals surface area contributed by atoms with Gasteiger partial charge < -0.3 is 5.11 Å². The molecule has 0 saturated heterocycles. The van der Waals surface area contributed by atoms with Gasteiger partial charge in [0, 0.05) is 11.8 Å². The van der Waals surface area contributed by atoms with Gasteiger partial charge >= 0.3 is 5.97 Å². The van der Waals surface area contributed by atoms with E-state index in [9.17, 15) is 14.0 Å². The Kier molecular flexibility index (Phi) is 3.47. The van der Waals surface area contributed by atoms with Crippen molar-refractivity contribution in [2.45, 2.75) is 45.2 Å². The number of carbonyl (C=O) groups excluding carboxylic acids is 1. The lowest BCUT2D eigenvalue weighted by molar-refractivity contribution is -0.154. The van der Waals surface area contributed by atoms with Crippen LogP contribution in [-0.4, -0.2) is 22.5 Å². The van der Waals surface area contributed by atoms with Crippen LogP contribution in [0.3, 0.4) is 0 Å². The van der Waals surface area contributed by atoms with Crippen molar-refractivity contribution >= 4 is 11.8 Å². The molecule has 1 aliphatic carbocycles. The lowest BCUT2D eigenvalue weighted by atomic mass is 9.76. The van der Waals surface area contributed by atoms with Crippen LogP contribution in [0.25, 0.3) is 0 Å². The molecule has 0 bridgehead atoms. The minimum absolute atomic E-state index is 0.0362. The highest BCUT2D eigenvalue weighted by Gasteiger charge is 2.43. The Morgan fingerprint density at radius 3 is 2.13 bits per heavy atom. The van der Waals surface area contributed by atoms with Gasteiger partial charge in [-0.15, -0.1) is 0 Å². The molecule has 0 spiro atoms. The summed E-state index contributed by atoms with van der Waals surface area (Å²) in [6.07, 6.45) is 0.649. The van der Waals surface area contributed by atoms with Crippen molar-refractivity contribution in [3.8, 4) is 0 Å². The first-order valence-corrected chi connectivity index (χ1v) is 5.33. The van der Waals surface area contributed by atoms with Crippen molar-refractivity contribution < 1.29 is 19.1 Å². The van der Waals surface area contributed by atoms with Crippen LogP contribution in [-0.2, 0) is 9.59 Å². The molecule has 0 radical (unpaired) electrons. The van der Waals surface area contributed by atoms with Crippen LogP contribution < -0.4 is 0 Å². The van der Waals surface area contributed by atoms with Crippen LogP contribution in [0.4, 0.5) is 4.39 Å². The van der Waals surface area contributed by atoms with E-state index in [1.165, 1.54) is 0 Å². The average molecular weight is 216 g/mol. The van der Waals surface area contributed by atoms with Crippen LogP contribution in [0, 0.1) is 11.8 Å². The first-order chi connectivity index (χ1) is 6.87. The van der Waals surface area contributed by atoms with E-state index in [2.05, 4.69) is 0 Å². The van der Waals surface area contributed by atoms with Gasteiger partial charge in [-0.1, -0.05) is 13.8 Å². The van der Waals surface area contributed by atoms with Gasteiger partial charge in [-0.25, -0.2) is 9.18 Å². The van der Waals surface area contributed by atoms with E-state index < -0.39 is 11.6 Å². The first kappa shape index (κ1) is 12.1. The maximum atomic E-state index is 13.6. The van der Waals surface area contributed by atoms with Crippen LogP contribution in [0.2, 0.25) is 0 Å². The average Bonchev–Trinajstić information content (AvgIpc) is 2.17. The molecule has 1 fully saturated rings. The van der Waals surface area contributed by atoms with E-state index in [0.29, 0.717) is 12.8 Å². The number of carboxylic acid groups (broad SMARTS) is 1. The number of rotatable bonds is 3. The predicted octanol–water partition coefficient (Wildman–Crippen LogP) is 2.19. The van der Waals surface area contributed by atoms with E-state index >= 15 is 0 Å². The Morgan fingerprint density at radius 1 is 1.33 bits per heavy atom.